The van der Waals surface area contributed by atoms with Crippen LogP contribution in [0.15, 0.2) is 24.3 Å². The van der Waals surface area contributed by atoms with Crippen LogP contribution < -0.4 is 9.47 Å². The minimum absolute atomic E-state index is 0.0716. The summed E-state index contributed by atoms with van der Waals surface area (Å²) < 4.78 is 27.4. The Hall–Kier alpha value is -2.74. The topological polar surface area (TPSA) is 83.5 Å². The van der Waals surface area contributed by atoms with Crippen LogP contribution in [0.1, 0.15) is 46.1 Å². The maximum Gasteiger partial charge on any atom is 0.410 e. The fraction of sp³-hybridized carbons (Fsp3) is 0.583. The maximum atomic E-state index is 12.3. The molecule has 0 saturated carbocycles. The van der Waals surface area contributed by atoms with Gasteiger partial charge in [0, 0.05) is 50.7 Å². The smallest absolute Gasteiger partial charge is 0.410 e. The Bertz CT molecular complexity index is 777. The summed E-state index contributed by atoms with van der Waals surface area (Å²) in [5.74, 6) is 0.845. The average molecular weight is 450 g/mol. The number of amides is 1. The van der Waals surface area contributed by atoms with Crippen LogP contribution >= 0.6 is 0 Å². The van der Waals surface area contributed by atoms with E-state index in [0.29, 0.717) is 57.3 Å². The lowest BCUT2D eigenvalue weighted by atomic mass is 10.1. The van der Waals surface area contributed by atoms with Crippen molar-refractivity contribution in [1.29, 1.82) is 0 Å². The van der Waals surface area contributed by atoms with Crippen molar-refractivity contribution in [3.8, 4) is 11.5 Å². The lowest BCUT2D eigenvalue weighted by Gasteiger charge is -2.33. The van der Waals surface area contributed by atoms with Crippen molar-refractivity contribution in [2.75, 3.05) is 40.0 Å². The summed E-state index contributed by atoms with van der Waals surface area (Å²) in [6, 6.07) is 5.46. The molecule has 1 aromatic rings. The number of carbonyl (C=O) groups is 2. The largest absolute Gasteiger partial charge is 0.491 e. The van der Waals surface area contributed by atoms with Crippen LogP contribution in [0.25, 0.3) is 6.08 Å². The predicted molar refractivity (Wildman–Crippen MR) is 121 cm³/mol. The number of likely N-dealkylation sites (tertiary alicyclic amines) is 1. The molecule has 1 heterocycles. The first kappa shape index (κ1) is 25.5. The predicted octanol–water partition coefficient (Wildman–Crippen LogP) is 4.07. The third-order valence-corrected chi connectivity index (χ3v) is 4.61. The number of hydrogen-bond donors (Lipinski definition) is 0. The number of nitrogens with zero attached hydrogens (tertiary/aromatic N) is 1. The van der Waals surface area contributed by atoms with E-state index in [1.165, 1.54) is 6.08 Å². The van der Waals surface area contributed by atoms with Gasteiger partial charge in [0.15, 0.2) is 0 Å². The Balaban J connectivity index is 2.06. The van der Waals surface area contributed by atoms with E-state index >= 15 is 0 Å². The van der Waals surface area contributed by atoms with Gasteiger partial charge < -0.3 is 28.6 Å². The molecule has 2 rings (SSSR count). The van der Waals surface area contributed by atoms with Gasteiger partial charge in [-0.25, -0.2) is 9.59 Å². The summed E-state index contributed by atoms with van der Waals surface area (Å²) in [6.45, 7) is 9.64. The number of ether oxygens (including phenoxy) is 5. The number of piperidine rings is 1. The molecule has 1 aromatic carbocycles. The summed E-state index contributed by atoms with van der Waals surface area (Å²) in [6.07, 6.45) is 4.02. The van der Waals surface area contributed by atoms with Gasteiger partial charge in [-0.15, -0.1) is 0 Å². The van der Waals surface area contributed by atoms with Crippen molar-refractivity contribution in [3.05, 3.63) is 29.8 Å². The Labute approximate surface area is 190 Å². The molecule has 1 aliphatic heterocycles. The van der Waals surface area contributed by atoms with Gasteiger partial charge in [0.25, 0.3) is 0 Å². The van der Waals surface area contributed by atoms with Gasteiger partial charge in [-0.3, -0.25) is 0 Å². The van der Waals surface area contributed by atoms with Gasteiger partial charge >= 0.3 is 12.1 Å². The number of carbonyl (C=O) groups excluding carboxylic acids is 2. The molecule has 0 atom stereocenters. The molecule has 0 radical (unpaired) electrons. The lowest BCUT2D eigenvalue weighted by molar-refractivity contribution is -0.137. The van der Waals surface area contributed by atoms with E-state index in [0.717, 1.165) is 5.56 Å². The highest BCUT2D eigenvalue weighted by Gasteiger charge is 2.28. The Morgan fingerprint density at radius 2 is 1.88 bits per heavy atom. The molecule has 1 fully saturated rings. The summed E-state index contributed by atoms with van der Waals surface area (Å²) in [5, 5.41) is 0. The number of methoxy groups -OCH3 is 1. The van der Waals surface area contributed by atoms with E-state index < -0.39 is 11.6 Å². The summed E-state index contributed by atoms with van der Waals surface area (Å²) in [4.78, 5) is 25.7. The molecule has 1 amide bonds. The summed E-state index contributed by atoms with van der Waals surface area (Å²) in [5.41, 5.74) is 0.222. The third kappa shape index (κ3) is 8.78. The van der Waals surface area contributed by atoms with Crippen molar-refractivity contribution in [2.24, 2.45) is 0 Å². The number of hydrogen-bond acceptors (Lipinski definition) is 7. The molecule has 8 nitrogen and oxygen atoms in total. The quantitative estimate of drug-likeness (QED) is 0.319. The first-order chi connectivity index (χ1) is 15.2. The van der Waals surface area contributed by atoms with Crippen LogP contribution in [-0.4, -0.2) is 68.7 Å². The minimum atomic E-state index is -0.520. The molecule has 8 heteroatoms. The molecular weight excluding hydrogens is 414 g/mol. The molecule has 0 unspecified atom stereocenters. The van der Waals surface area contributed by atoms with Crippen molar-refractivity contribution >= 4 is 18.1 Å². The molecule has 0 N–H and O–H groups in total. The average Bonchev–Trinajstić information content (AvgIpc) is 2.73. The monoisotopic (exact) mass is 449 g/mol. The molecule has 0 bridgehead atoms. The van der Waals surface area contributed by atoms with Crippen molar-refractivity contribution in [1.82, 2.24) is 4.90 Å². The Morgan fingerprint density at radius 1 is 1.16 bits per heavy atom. The van der Waals surface area contributed by atoms with Crippen LogP contribution in [0.2, 0.25) is 0 Å². The second kappa shape index (κ2) is 12.3. The standard InChI is InChI=1S/C24H35NO7/c1-6-29-22(26)10-8-18-7-9-20(30-16-15-28-5)17-21(18)31-19-11-13-25(14-12-19)23(27)32-24(2,3)4/h7-10,17,19H,6,11-16H2,1-5H3. The zero-order chi connectivity index (χ0) is 23.6. The van der Waals surface area contributed by atoms with Gasteiger partial charge in [-0.2, -0.15) is 0 Å². The van der Waals surface area contributed by atoms with E-state index in [1.807, 2.05) is 32.9 Å². The second-order valence-electron chi connectivity index (χ2n) is 8.41. The highest BCUT2D eigenvalue weighted by molar-refractivity contribution is 5.87. The van der Waals surface area contributed by atoms with Gasteiger partial charge in [0.1, 0.15) is 29.8 Å². The normalized spacial score (nSPS) is 15.0. The van der Waals surface area contributed by atoms with Crippen molar-refractivity contribution < 1.29 is 33.3 Å². The van der Waals surface area contributed by atoms with Crippen LogP contribution in [0.3, 0.4) is 0 Å². The summed E-state index contributed by atoms with van der Waals surface area (Å²) >= 11 is 0. The molecule has 0 spiro atoms. The van der Waals surface area contributed by atoms with E-state index in [9.17, 15) is 9.59 Å². The zero-order valence-electron chi connectivity index (χ0n) is 19.7. The Kier molecular flexibility index (Phi) is 9.84. The summed E-state index contributed by atoms with van der Waals surface area (Å²) in [7, 11) is 1.62. The fourth-order valence-electron chi connectivity index (χ4n) is 3.10. The van der Waals surface area contributed by atoms with E-state index in [1.54, 1.807) is 31.1 Å². The fourth-order valence-corrected chi connectivity index (χ4v) is 3.10. The molecular formula is C24H35NO7. The van der Waals surface area contributed by atoms with Gasteiger partial charge in [-0.1, -0.05) is 0 Å². The van der Waals surface area contributed by atoms with E-state index in [-0.39, 0.29) is 12.2 Å². The first-order valence-electron chi connectivity index (χ1n) is 11.0. The number of rotatable bonds is 9. The molecule has 1 saturated heterocycles. The molecule has 32 heavy (non-hydrogen) atoms. The maximum absolute atomic E-state index is 12.3. The molecule has 0 aliphatic carbocycles. The van der Waals surface area contributed by atoms with Crippen LogP contribution in [0.4, 0.5) is 4.79 Å². The van der Waals surface area contributed by atoms with Crippen molar-refractivity contribution in [2.45, 2.75) is 52.2 Å². The second-order valence-corrected chi connectivity index (χ2v) is 8.41. The highest BCUT2D eigenvalue weighted by atomic mass is 16.6. The number of benzene rings is 1. The van der Waals surface area contributed by atoms with Crippen LogP contribution in [0.5, 0.6) is 11.5 Å². The van der Waals surface area contributed by atoms with Crippen molar-refractivity contribution in [3.63, 3.8) is 0 Å². The van der Waals surface area contributed by atoms with Gasteiger partial charge in [-0.05, 0) is 45.9 Å². The van der Waals surface area contributed by atoms with Crippen LogP contribution in [0, 0.1) is 0 Å². The number of esters is 1. The van der Waals surface area contributed by atoms with Gasteiger partial charge in [0.2, 0.25) is 0 Å². The van der Waals surface area contributed by atoms with E-state index in [4.69, 9.17) is 23.7 Å². The minimum Gasteiger partial charge on any atom is -0.491 e. The lowest BCUT2D eigenvalue weighted by Crippen LogP contribution is -2.44. The first-order valence-corrected chi connectivity index (χ1v) is 11.0. The third-order valence-electron chi connectivity index (χ3n) is 4.61. The van der Waals surface area contributed by atoms with Crippen LogP contribution in [-0.2, 0) is 19.0 Å². The highest BCUT2D eigenvalue weighted by Crippen LogP contribution is 2.29. The Morgan fingerprint density at radius 3 is 2.50 bits per heavy atom. The molecule has 0 aromatic heterocycles. The van der Waals surface area contributed by atoms with Gasteiger partial charge in [0.05, 0.1) is 13.2 Å². The molecule has 178 valence electrons. The SMILES string of the molecule is CCOC(=O)C=Cc1ccc(OCCOC)cc1OC1CCN(C(=O)OC(C)(C)C)CC1. The molecule has 1 aliphatic rings. The van der Waals surface area contributed by atoms with E-state index in [2.05, 4.69) is 0 Å². The zero-order valence-corrected chi connectivity index (χ0v) is 19.7.